The second-order valence-corrected chi connectivity index (χ2v) is 6.91. The lowest BCUT2D eigenvalue weighted by Crippen LogP contribution is -2.43. The van der Waals surface area contributed by atoms with Crippen molar-refractivity contribution in [3.63, 3.8) is 0 Å². The minimum atomic E-state index is -0.382. The Morgan fingerprint density at radius 1 is 1.45 bits per heavy atom. The van der Waals surface area contributed by atoms with Gasteiger partial charge in [-0.25, -0.2) is 4.79 Å². The number of carbonyl (C=O) groups excluding carboxylic acids is 2. The largest absolute Gasteiger partial charge is 0.453 e. The lowest BCUT2D eigenvalue weighted by Gasteiger charge is -2.30. The van der Waals surface area contributed by atoms with Gasteiger partial charge in [-0.05, 0) is 18.8 Å². The zero-order valence-corrected chi connectivity index (χ0v) is 14.0. The van der Waals surface area contributed by atoms with Crippen LogP contribution in [-0.2, 0) is 16.0 Å². The number of nitrogens with one attached hydrogen (secondary N) is 1. The van der Waals surface area contributed by atoms with Crippen LogP contribution >= 0.6 is 11.3 Å². The molecule has 1 saturated heterocycles. The molecule has 0 radical (unpaired) electrons. The number of nitrogens with zero attached hydrogens (tertiary/aromatic N) is 3. The number of anilines is 1. The minimum absolute atomic E-state index is 0.110. The van der Waals surface area contributed by atoms with Crippen LogP contribution in [-0.4, -0.2) is 47.3 Å². The van der Waals surface area contributed by atoms with E-state index in [0.717, 1.165) is 24.3 Å². The van der Waals surface area contributed by atoms with E-state index < -0.39 is 0 Å². The van der Waals surface area contributed by atoms with E-state index in [1.54, 1.807) is 4.90 Å². The van der Waals surface area contributed by atoms with Crippen LogP contribution in [0.5, 0.6) is 0 Å². The maximum absolute atomic E-state index is 12.3. The zero-order chi connectivity index (χ0) is 16.1. The number of aromatic nitrogens is 2. The van der Waals surface area contributed by atoms with Crippen molar-refractivity contribution in [2.45, 2.75) is 33.1 Å². The Hall–Kier alpha value is -1.70. The highest BCUT2D eigenvalue weighted by atomic mass is 32.1. The monoisotopic (exact) mass is 326 g/mol. The van der Waals surface area contributed by atoms with E-state index in [-0.39, 0.29) is 17.9 Å². The van der Waals surface area contributed by atoms with Crippen LogP contribution in [0.3, 0.4) is 0 Å². The summed E-state index contributed by atoms with van der Waals surface area (Å²) in [4.78, 5) is 25.4. The van der Waals surface area contributed by atoms with E-state index in [4.69, 9.17) is 4.74 Å². The summed E-state index contributed by atoms with van der Waals surface area (Å²) in [6, 6.07) is 0. The molecule has 0 bridgehead atoms. The van der Waals surface area contributed by atoms with E-state index in [1.807, 2.05) is 0 Å². The van der Waals surface area contributed by atoms with Gasteiger partial charge in [-0.15, -0.1) is 10.2 Å². The Balaban J connectivity index is 1.91. The maximum Gasteiger partial charge on any atom is 0.409 e. The van der Waals surface area contributed by atoms with E-state index in [9.17, 15) is 9.59 Å². The second kappa shape index (κ2) is 7.53. The van der Waals surface area contributed by atoms with Crippen LogP contribution < -0.4 is 5.32 Å². The number of piperidine rings is 1. The SMILES string of the molecule is COC(=O)N1CCCC(C(=O)Nc2nnc(CC(C)C)s2)C1. The fraction of sp³-hybridized carbons (Fsp3) is 0.714. The normalized spacial score (nSPS) is 18.4. The molecule has 22 heavy (non-hydrogen) atoms. The van der Waals surface area contributed by atoms with Crippen molar-refractivity contribution in [2.75, 3.05) is 25.5 Å². The highest BCUT2D eigenvalue weighted by Crippen LogP contribution is 2.22. The van der Waals surface area contributed by atoms with Gasteiger partial charge in [0, 0.05) is 19.5 Å². The molecule has 0 saturated carbocycles. The molecule has 0 spiro atoms. The fourth-order valence-electron chi connectivity index (χ4n) is 2.43. The molecule has 1 fully saturated rings. The highest BCUT2D eigenvalue weighted by molar-refractivity contribution is 7.15. The number of ether oxygens (including phenoxy) is 1. The van der Waals surface area contributed by atoms with E-state index in [2.05, 4.69) is 29.4 Å². The van der Waals surface area contributed by atoms with Gasteiger partial charge in [-0.2, -0.15) is 0 Å². The molecule has 1 aromatic rings. The van der Waals surface area contributed by atoms with Gasteiger partial charge in [-0.3, -0.25) is 4.79 Å². The third-order valence-corrected chi connectivity index (χ3v) is 4.37. The van der Waals surface area contributed by atoms with Crippen molar-refractivity contribution in [2.24, 2.45) is 11.8 Å². The first-order chi connectivity index (χ1) is 10.5. The molecule has 1 aliphatic rings. The van der Waals surface area contributed by atoms with Crippen LogP contribution in [0.15, 0.2) is 0 Å². The summed E-state index contributed by atoms with van der Waals surface area (Å²) in [6.45, 7) is 5.25. The number of methoxy groups -OCH3 is 1. The predicted octanol–water partition coefficient (Wildman–Crippen LogP) is 2.15. The van der Waals surface area contributed by atoms with E-state index in [0.29, 0.717) is 24.1 Å². The molecular weight excluding hydrogens is 304 g/mol. The number of rotatable bonds is 4. The molecule has 1 unspecified atom stereocenters. The first-order valence-corrected chi connectivity index (χ1v) is 8.27. The number of amides is 2. The average molecular weight is 326 g/mol. The molecule has 2 heterocycles. The van der Waals surface area contributed by atoms with Crippen molar-refractivity contribution < 1.29 is 14.3 Å². The van der Waals surface area contributed by atoms with Crippen molar-refractivity contribution in [3.05, 3.63) is 5.01 Å². The molecule has 1 atom stereocenters. The lowest BCUT2D eigenvalue weighted by atomic mass is 9.97. The third-order valence-electron chi connectivity index (χ3n) is 3.50. The standard InChI is InChI=1S/C14H22N4O3S/c1-9(2)7-11-16-17-13(22-11)15-12(19)10-5-4-6-18(8-10)14(20)21-3/h9-10H,4-8H2,1-3H3,(H,15,17,19). The van der Waals surface area contributed by atoms with Crippen molar-refractivity contribution >= 4 is 28.5 Å². The summed E-state index contributed by atoms with van der Waals surface area (Å²) in [7, 11) is 1.35. The van der Waals surface area contributed by atoms with Gasteiger partial charge in [0.1, 0.15) is 5.01 Å². The molecule has 1 aliphatic heterocycles. The maximum atomic E-state index is 12.3. The Bertz CT molecular complexity index is 532. The smallest absolute Gasteiger partial charge is 0.409 e. The van der Waals surface area contributed by atoms with Gasteiger partial charge in [0.25, 0.3) is 0 Å². The van der Waals surface area contributed by atoms with E-state index >= 15 is 0 Å². The summed E-state index contributed by atoms with van der Waals surface area (Å²) in [5.74, 6) is 0.162. The number of carbonyl (C=O) groups is 2. The quantitative estimate of drug-likeness (QED) is 0.916. The molecule has 1 aromatic heterocycles. The number of hydrogen-bond acceptors (Lipinski definition) is 6. The lowest BCUT2D eigenvalue weighted by molar-refractivity contribution is -0.121. The first-order valence-electron chi connectivity index (χ1n) is 7.45. The molecule has 8 heteroatoms. The predicted molar refractivity (Wildman–Crippen MR) is 83.8 cm³/mol. The van der Waals surface area contributed by atoms with Gasteiger partial charge < -0.3 is 15.0 Å². The minimum Gasteiger partial charge on any atom is -0.453 e. The van der Waals surface area contributed by atoms with Crippen LogP contribution in [0, 0.1) is 11.8 Å². The van der Waals surface area contributed by atoms with Gasteiger partial charge in [0.15, 0.2) is 0 Å². The summed E-state index contributed by atoms with van der Waals surface area (Å²) < 4.78 is 4.71. The Labute approximate surface area is 134 Å². The molecule has 2 rings (SSSR count). The summed E-state index contributed by atoms with van der Waals surface area (Å²) in [5.41, 5.74) is 0. The highest BCUT2D eigenvalue weighted by Gasteiger charge is 2.29. The van der Waals surface area contributed by atoms with Crippen molar-refractivity contribution in [1.29, 1.82) is 0 Å². The van der Waals surface area contributed by atoms with Gasteiger partial charge in [-0.1, -0.05) is 25.2 Å². The summed E-state index contributed by atoms with van der Waals surface area (Å²) in [5, 5.41) is 12.3. The first kappa shape index (κ1) is 16.7. The van der Waals surface area contributed by atoms with Crippen molar-refractivity contribution in [1.82, 2.24) is 15.1 Å². The van der Waals surface area contributed by atoms with Crippen LogP contribution in [0.1, 0.15) is 31.7 Å². The van der Waals surface area contributed by atoms with E-state index in [1.165, 1.54) is 18.4 Å². The third kappa shape index (κ3) is 4.40. The van der Waals surface area contributed by atoms with Crippen LogP contribution in [0.2, 0.25) is 0 Å². The number of likely N-dealkylation sites (tertiary alicyclic amines) is 1. The molecule has 122 valence electrons. The fourth-order valence-corrected chi connectivity index (χ4v) is 3.38. The Morgan fingerprint density at radius 2 is 2.23 bits per heavy atom. The van der Waals surface area contributed by atoms with Crippen LogP contribution in [0.4, 0.5) is 9.93 Å². The average Bonchev–Trinajstić information content (AvgIpc) is 2.92. The molecule has 0 aromatic carbocycles. The zero-order valence-electron chi connectivity index (χ0n) is 13.2. The van der Waals surface area contributed by atoms with Crippen molar-refractivity contribution in [3.8, 4) is 0 Å². The number of hydrogen-bond donors (Lipinski definition) is 1. The molecule has 7 nitrogen and oxygen atoms in total. The summed E-state index contributed by atoms with van der Waals surface area (Å²) >= 11 is 1.41. The van der Waals surface area contributed by atoms with Gasteiger partial charge in [0.05, 0.1) is 13.0 Å². The van der Waals surface area contributed by atoms with Gasteiger partial charge in [0.2, 0.25) is 11.0 Å². The molecule has 1 N–H and O–H groups in total. The van der Waals surface area contributed by atoms with Gasteiger partial charge >= 0.3 is 6.09 Å². The topological polar surface area (TPSA) is 84.4 Å². The van der Waals surface area contributed by atoms with Crippen LogP contribution in [0.25, 0.3) is 0 Å². The molecular formula is C14H22N4O3S. The second-order valence-electron chi connectivity index (χ2n) is 5.84. The summed E-state index contributed by atoms with van der Waals surface area (Å²) in [6.07, 6.45) is 2.03. The Morgan fingerprint density at radius 3 is 2.91 bits per heavy atom. The molecule has 2 amide bonds. The Kier molecular flexibility index (Phi) is 5.70. The molecule has 0 aliphatic carbocycles.